The quantitative estimate of drug-likeness (QED) is 0.215. The lowest BCUT2D eigenvalue weighted by Gasteiger charge is -2.18. The van der Waals surface area contributed by atoms with Crippen molar-refractivity contribution in [1.29, 1.82) is 0 Å². The molecule has 0 saturated carbocycles. The summed E-state index contributed by atoms with van der Waals surface area (Å²) < 4.78 is 5.78. The number of nitrogens with zero attached hydrogens (tertiary/aromatic N) is 1. The van der Waals surface area contributed by atoms with E-state index < -0.39 is 5.97 Å². The first-order valence-corrected chi connectivity index (χ1v) is 12.0. The van der Waals surface area contributed by atoms with Crippen molar-refractivity contribution < 1.29 is 14.3 Å². The average molecular weight is 524 g/mol. The van der Waals surface area contributed by atoms with Crippen molar-refractivity contribution in [1.82, 2.24) is 0 Å². The Kier molecular flexibility index (Phi) is 6.34. The number of hydrogen-bond acceptors (Lipinski definition) is 3. The van der Waals surface area contributed by atoms with Gasteiger partial charge in [0, 0.05) is 15.6 Å². The predicted octanol–water partition coefficient (Wildman–Crippen LogP) is 6.74. The minimum absolute atomic E-state index is 0.0794. The van der Waals surface area contributed by atoms with Gasteiger partial charge in [0.1, 0.15) is 0 Å². The highest BCUT2D eigenvalue weighted by atomic mass is 79.9. The molecule has 4 aromatic rings. The lowest BCUT2D eigenvalue weighted by Crippen LogP contribution is -2.26. The van der Waals surface area contributed by atoms with Crippen LogP contribution in [0.3, 0.4) is 0 Å². The highest BCUT2D eigenvalue weighted by Gasteiger charge is 2.35. The SMILES string of the molecule is COC(=O)c1cccc(CN2C(=O)C(=C(c3ccccc3)c3ccccc3Br)c3ccccc32)c1. The Bertz CT molecular complexity index is 1460. The van der Waals surface area contributed by atoms with Crippen molar-refractivity contribution >= 4 is 44.6 Å². The van der Waals surface area contributed by atoms with Crippen LogP contribution in [0, 0.1) is 0 Å². The zero-order valence-electron chi connectivity index (χ0n) is 19.1. The molecule has 1 amide bonds. The number of anilines is 1. The number of amides is 1. The number of ether oxygens (including phenoxy) is 1. The largest absolute Gasteiger partial charge is 0.465 e. The highest BCUT2D eigenvalue weighted by molar-refractivity contribution is 9.10. The Balaban J connectivity index is 1.68. The van der Waals surface area contributed by atoms with Crippen LogP contribution < -0.4 is 4.90 Å². The van der Waals surface area contributed by atoms with Crippen LogP contribution in [0.15, 0.2) is 108 Å². The molecule has 35 heavy (non-hydrogen) atoms. The van der Waals surface area contributed by atoms with E-state index in [4.69, 9.17) is 4.74 Å². The second-order valence-corrected chi connectivity index (χ2v) is 9.05. The van der Waals surface area contributed by atoms with Gasteiger partial charge >= 0.3 is 5.97 Å². The number of rotatable bonds is 5. The van der Waals surface area contributed by atoms with Crippen LogP contribution in [-0.2, 0) is 16.1 Å². The zero-order chi connectivity index (χ0) is 24.4. The van der Waals surface area contributed by atoms with Gasteiger partial charge in [0.05, 0.1) is 30.5 Å². The van der Waals surface area contributed by atoms with E-state index in [2.05, 4.69) is 15.9 Å². The molecular formula is C30H22BrNO3. The van der Waals surface area contributed by atoms with Gasteiger partial charge in [0.25, 0.3) is 5.91 Å². The van der Waals surface area contributed by atoms with Crippen LogP contribution in [0.5, 0.6) is 0 Å². The van der Waals surface area contributed by atoms with Gasteiger partial charge in [-0.25, -0.2) is 4.79 Å². The number of carbonyl (C=O) groups excluding carboxylic acids is 2. The number of methoxy groups -OCH3 is 1. The fourth-order valence-electron chi connectivity index (χ4n) is 4.48. The molecule has 0 spiro atoms. The summed E-state index contributed by atoms with van der Waals surface area (Å²) in [7, 11) is 1.36. The van der Waals surface area contributed by atoms with E-state index in [0.717, 1.165) is 38.0 Å². The summed E-state index contributed by atoms with van der Waals surface area (Å²) >= 11 is 3.70. The molecule has 1 aliphatic heterocycles. The van der Waals surface area contributed by atoms with Crippen LogP contribution in [0.1, 0.15) is 32.6 Å². The van der Waals surface area contributed by atoms with Gasteiger partial charge in [-0.15, -0.1) is 0 Å². The molecular weight excluding hydrogens is 502 g/mol. The molecule has 0 fully saturated rings. The molecule has 0 radical (unpaired) electrons. The summed E-state index contributed by atoms with van der Waals surface area (Å²) in [6, 6.07) is 33.0. The highest BCUT2D eigenvalue weighted by Crippen LogP contribution is 2.44. The van der Waals surface area contributed by atoms with Gasteiger partial charge in [-0.1, -0.05) is 94.8 Å². The average Bonchev–Trinajstić information content (AvgIpc) is 3.17. The molecule has 0 N–H and O–H groups in total. The maximum absolute atomic E-state index is 14.1. The smallest absolute Gasteiger partial charge is 0.337 e. The van der Waals surface area contributed by atoms with Gasteiger partial charge in [-0.3, -0.25) is 4.79 Å². The Hall–Kier alpha value is -3.96. The number of hydrogen-bond donors (Lipinski definition) is 0. The molecule has 0 aliphatic carbocycles. The zero-order valence-corrected chi connectivity index (χ0v) is 20.7. The second-order valence-electron chi connectivity index (χ2n) is 8.20. The summed E-state index contributed by atoms with van der Waals surface area (Å²) in [6.07, 6.45) is 0. The lowest BCUT2D eigenvalue weighted by molar-refractivity contribution is -0.113. The molecule has 4 aromatic carbocycles. The molecule has 4 nitrogen and oxygen atoms in total. The molecule has 0 saturated heterocycles. The van der Waals surface area contributed by atoms with Crippen LogP contribution in [0.2, 0.25) is 0 Å². The number of esters is 1. The molecule has 5 rings (SSSR count). The molecule has 1 aliphatic rings. The molecule has 0 atom stereocenters. The van der Waals surface area contributed by atoms with E-state index in [1.165, 1.54) is 7.11 Å². The van der Waals surface area contributed by atoms with Gasteiger partial charge in [-0.05, 0) is 41.0 Å². The minimum Gasteiger partial charge on any atom is -0.465 e. The Labute approximate surface area is 212 Å². The van der Waals surface area contributed by atoms with Crippen LogP contribution >= 0.6 is 15.9 Å². The third kappa shape index (κ3) is 4.31. The van der Waals surface area contributed by atoms with Gasteiger partial charge in [-0.2, -0.15) is 0 Å². The molecule has 1 heterocycles. The number of fused-ring (bicyclic) bond motifs is 1. The van der Waals surface area contributed by atoms with Gasteiger partial charge < -0.3 is 9.64 Å². The number of halogens is 1. The standard InChI is InChI=1S/C30H22BrNO3/c1-35-30(34)22-13-9-10-20(18-22)19-32-26-17-8-6-15-24(26)28(29(32)33)27(21-11-3-2-4-12-21)23-14-5-7-16-25(23)31/h2-18H,19H2,1H3. The summed E-state index contributed by atoms with van der Waals surface area (Å²) in [5.41, 5.74) is 6.48. The van der Waals surface area contributed by atoms with E-state index in [-0.39, 0.29) is 5.91 Å². The Morgan fingerprint density at radius 3 is 2.29 bits per heavy atom. The summed E-state index contributed by atoms with van der Waals surface area (Å²) in [6.45, 7) is 0.336. The van der Waals surface area contributed by atoms with E-state index in [1.807, 2.05) is 84.9 Å². The van der Waals surface area contributed by atoms with E-state index in [0.29, 0.717) is 17.7 Å². The fraction of sp³-hybridized carbons (Fsp3) is 0.0667. The van der Waals surface area contributed by atoms with Crippen molar-refractivity contribution in [2.75, 3.05) is 12.0 Å². The summed E-state index contributed by atoms with van der Waals surface area (Å²) in [5, 5.41) is 0. The first-order valence-electron chi connectivity index (χ1n) is 11.2. The molecule has 0 aromatic heterocycles. The normalized spacial score (nSPS) is 14.0. The molecule has 0 unspecified atom stereocenters. The first-order chi connectivity index (χ1) is 17.1. The second kappa shape index (κ2) is 9.72. The van der Waals surface area contributed by atoms with Crippen LogP contribution in [0.4, 0.5) is 5.69 Å². The minimum atomic E-state index is -0.402. The number of carbonyl (C=O) groups is 2. The fourth-order valence-corrected chi connectivity index (χ4v) is 4.96. The van der Waals surface area contributed by atoms with E-state index in [9.17, 15) is 9.59 Å². The maximum atomic E-state index is 14.1. The summed E-state index contributed by atoms with van der Waals surface area (Å²) in [5.74, 6) is -0.481. The predicted molar refractivity (Wildman–Crippen MR) is 142 cm³/mol. The van der Waals surface area contributed by atoms with Crippen molar-refractivity contribution in [3.8, 4) is 0 Å². The van der Waals surface area contributed by atoms with Crippen molar-refractivity contribution in [2.45, 2.75) is 6.54 Å². The van der Waals surface area contributed by atoms with Gasteiger partial charge in [0.15, 0.2) is 0 Å². The van der Waals surface area contributed by atoms with E-state index in [1.54, 1.807) is 23.1 Å². The van der Waals surface area contributed by atoms with E-state index >= 15 is 0 Å². The van der Waals surface area contributed by atoms with Gasteiger partial charge in [0.2, 0.25) is 0 Å². The third-order valence-corrected chi connectivity index (χ3v) is 6.76. The summed E-state index contributed by atoms with van der Waals surface area (Å²) in [4.78, 5) is 27.9. The van der Waals surface area contributed by atoms with Crippen molar-refractivity contribution in [3.05, 3.63) is 135 Å². The maximum Gasteiger partial charge on any atom is 0.337 e. The topological polar surface area (TPSA) is 46.6 Å². The van der Waals surface area contributed by atoms with Crippen LogP contribution in [-0.4, -0.2) is 19.0 Å². The molecule has 5 heteroatoms. The number of benzene rings is 4. The third-order valence-electron chi connectivity index (χ3n) is 6.07. The molecule has 172 valence electrons. The first kappa shape index (κ1) is 22.8. The molecule has 0 bridgehead atoms. The van der Waals surface area contributed by atoms with Crippen molar-refractivity contribution in [2.24, 2.45) is 0 Å². The van der Waals surface area contributed by atoms with Crippen LogP contribution in [0.25, 0.3) is 11.1 Å². The number of para-hydroxylation sites is 1. The Morgan fingerprint density at radius 1 is 0.829 bits per heavy atom. The lowest BCUT2D eigenvalue weighted by atomic mass is 9.90. The monoisotopic (exact) mass is 523 g/mol. The van der Waals surface area contributed by atoms with Crippen molar-refractivity contribution in [3.63, 3.8) is 0 Å². The Morgan fingerprint density at radius 2 is 1.51 bits per heavy atom.